The van der Waals surface area contributed by atoms with Crippen molar-refractivity contribution in [2.75, 3.05) is 18.6 Å². The lowest BCUT2D eigenvalue weighted by Crippen LogP contribution is -2.42. The van der Waals surface area contributed by atoms with Crippen LogP contribution < -0.4 is 10.6 Å². The van der Waals surface area contributed by atoms with Crippen LogP contribution in [0.25, 0.3) is 0 Å². The Bertz CT molecular complexity index is 684. The van der Waals surface area contributed by atoms with Crippen LogP contribution in [0, 0.1) is 0 Å². The molecule has 1 aliphatic rings. The van der Waals surface area contributed by atoms with Gasteiger partial charge in [-0.25, -0.2) is 4.79 Å². The molecule has 22 heavy (non-hydrogen) atoms. The summed E-state index contributed by atoms with van der Waals surface area (Å²) in [4.78, 5) is 13.9. The number of benzene rings is 2. The zero-order valence-electron chi connectivity index (χ0n) is 12.7. The second-order valence-corrected chi connectivity index (χ2v) is 5.67. The summed E-state index contributed by atoms with van der Waals surface area (Å²) >= 11 is 0. The highest BCUT2D eigenvalue weighted by molar-refractivity contribution is 5.89. The van der Waals surface area contributed by atoms with Gasteiger partial charge in [0.05, 0.1) is 12.7 Å². The zero-order chi connectivity index (χ0) is 15.5. The highest BCUT2D eigenvalue weighted by Crippen LogP contribution is 2.27. The fraction of sp³-hybridized carbons (Fsp3) is 0.278. The first-order valence-corrected chi connectivity index (χ1v) is 7.43. The van der Waals surface area contributed by atoms with Gasteiger partial charge in [0.1, 0.15) is 0 Å². The number of ether oxygens (including phenoxy) is 1. The van der Waals surface area contributed by atoms with E-state index in [0.29, 0.717) is 5.56 Å². The number of esters is 1. The Labute approximate surface area is 130 Å². The van der Waals surface area contributed by atoms with Crippen LogP contribution in [0.1, 0.15) is 21.5 Å². The highest BCUT2D eigenvalue weighted by Gasteiger charge is 2.21. The minimum Gasteiger partial charge on any atom is -0.465 e. The van der Waals surface area contributed by atoms with Crippen LogP contribution in [0.4, 0.5) is 5.69 Å². The molecule has 2 aromatic rings. The first-order valence-electron chi connectivity index (χ1n) is 7.43. The maximum atomic E-state index is 11.7. The highest BCUT2D eigenvalue weighted by atomic mass is 16.5. The van der Waals surface area contributed by atoms with E-state index >= 15 is 0 Å². The van der Waals surface area contributed by atoms with Gasteiger partial charge >= 0.3 is 5.97 Å². The van der Waals surface area contributed by atoms with Gasteiger partial charge in [-0.3, -0.25) is 0 Å². The Morgan fingerprint density at radius 1 is 1.27 bits per heavy atom. The summed E-state index contributed by atoms with van der Waals surface area (Å²) in [5.74, 6) is -0.308. The summed E-state index contributed by atoms with van der Waals surface area (Å²) in [5, 5.41) is 0. The van der Waals surface area contributed by atoms with Crippen molar-refractivity contribution in [3.05, 3.63) is 65.2 Å². The second-order valence-electron chi connectivity index (χ2n) is 5.67. The molecule has 4 heteroatoms. The van der Waals surface area contributed by atoms with Gasteiger partial charge in [0.15, 0.2) is 0 Å². The monoisotopic (exact) mass is 296 g/mol. The summed E-state index contributed by atoms with van der Waals surface area (Å²) in [6, 6.07) is 16.1. The van der Waals surface area contributed by atoms with Gasteiger partial charge in [-0.1, -0.05) is 30.3 Å². The fourth-order valence-corrected chi connectivity index (χ4v) is 3.00. The molecule has 3 rings (SSSR count). The third-order valence-electron chi connectivity index (χ3n) is 3.99. The van der Waals surface area contributed by atoms with Crippen molar-refractivity contribution in [1.29, 1.82) is 0 Å². The molecule has 1 unspecified atom stereocenters. The van der Waals surface area contributed by atoms with Gasteiger partial charge in [0.2, 0.25) is 0 Å². The van der Waals surface area contributed by atoms with Gasteiger partial charge in [-0.05, 0) is 35.7 Å². The smallest absolute Gasteiger partial charge is 0.337 e. The topological polar surface area (TPSA) is 55.6 Å². The maximum absolute atomic E-state index is 11.7. The van der Waals surface area contributed by atoms with E-state index < -0.39 is 0 Å². The molecule has 1 aliphatic heterocycles. The average Bonchev–Trinajstić information content (AvgIpc) is 2.54. The molecule has 0 aliphatic carbocycles. The lowest BCUT2D eigenvalue weighted by Gasteiger charge is -2.34. The van der Waals surface area contributed by atoms with Crippen LogP contribution >= 0.6 is 0 Å². The molecule has 0 fully saturated rings. The van der Waals surface area contributed by atoms with E-state index in [1.807, 2.05) is 30.3 Å². The first kappa shape index (κ1) is 14.6. The second kappa shape index (κ2) is 6.20. The molecule has 2 aromatic carbocycles. The van der Waals surface area contributed by atoms with E-state index in [0.717, 1.165) is 25.1 Å². The Hall–Kier alpha value is -2.33. The van der Waals surface area contributed by atoms with E-state index in [2.05, 4.69) is 17.0 Å². The normalized spacial score (nSPS) is 17.0. The van der Waals surface area contributed by atoms with E-state index in [1.54, 1.807) is 6.07 Å². The van der Waals surface area contributed by atoms with Gasteiger partial charge in [0.25, 0.3) is 0 Å². The van der Waals surface area contributed by atoms with Crippen LogP contribution in [-0.4, -0.2) is 25.7 Å². The number of carbonyl (C=O) groups excluding carboxylic acids is 1. The molecule has 0 saturated carbocycles. The quantitative estimate of drug-likeness (QED) is 0.884. The lowest BCUT2D eigenvalue weighted by molar-refractivity contribution is 0.0600. The summed E-state index contributed by atoms with van der Waals surface area (Å²) in [6.45, 7) is 1.55. The van der Waals surface area contributed by atoms with Crippen LogP contribution in [0.5, 0.6) is 0 Å². The number of rotatable bonds is 3. The number of methoxy groups -OCH3 is 1. The zero-order valence-corrected chi connectivity index (χ0v) is 12.7. The van der Waals surface area contributed by atoms with Crippen molar-refractivity contribution >= 4 is 11.7 Å². The fourth-order valence-electron chi connectivity index (χ4n) is 3.00. The number of anilines is 1. The number of hydrogen-bond acceptors (Lipinski definition) is 4. The largest absolute Gasteiger partial charge is 0.465 e. The van der Waals surface area contributed by atoms with E-state index in [-0.39, 0.29) is 12.0 Å². The van der Waals surface area contributed by atoms with E-state index in [4.69, 9.17) is 10.5 Å². The SMILES string of the molecule is COC(=O)c1cccc(CN2CC(N)Cc3ccccc32)c1. The number of para-hydroxylation sites is 1. The molecule has 0 amide bonds. The Morgan fingerprint density at radius 3 is 2.91 bits per heavy atom. The van der Waals surface area contributed by atoms with Crippen molar-refractivity contribution < 1.29 is 9.53 Å². The van der Waals surface area contributed by atoms with E-state index in [1.165, 1.54) is 18.4 Å². The molecular formula is C18H20N2O2. The molecule has 2 N–H and O–H groups in total. The minimum absolute atomic E-state index is 0.138. The summed E-state index contributed by atoms with van der Waals surface area (Å²) in [6.07, 6.45) is 0.912. The van der Waals surface area contributed by atoms with Crippen LogP contribution in [0.15, 0.2) is 48.5 Å². The number of nitrogens with zero attached hydrogens (tertiary/aromatic N) is 1. The molecule has 0 aromatic heterocycles. The molecule has 114 valence electrons. The van der Waals surface area contributed by atoms with Gasteiger partial charge in [-0.2, -0.15) is 0 Å². The van der Waals surface area contributed by atoms with Crippen LogP contribution in [0.2, 0.25) is 0 Å². The first-order chi connectivity index (χ1) is 10.7. The number of fused-ring (bicyclic) bond motifs is 1. The van der Waals surface area contributed by atoms with Crippen LogP contribution in [-0.2, 0) is 17.7 Å². The number of nitrogens with two attached hydrogens (primary N) is 1. The third kappa shape index (κ3) is 2.97. The Kier molecular flexibility index (Phi) is 4.11. The molecule has 0 bridgehead atoms. The molecule has 1 heterocycles. The van der Waals surface area contributed by atoms with E-state index in [9.17, 15) is 4.79 Å². The summed E-state index contributed by atoms with van der Waals surface area (Å²) < 4.78 is 4.78. The Morgan fingerprint density at radius 2 is 2.09 bits per heavy atom. The molecule has 1 atom stereocenters. The third-order valence-corrected chi connectivity index (χ3v) is 3.99. The number of carbonyl (C=O) groups is 1. The molecule has 0 radical (unpaired) electrons. The van der Waals surface area contributed by atoms with Gasteiger partial charge < -0.3 is 15.4 Å². The lowest BCUT2D eigenvalue weighted by atomic mass is 9.98. The van der Waals surface area contributed by atoms with Gasteiger partial charge in [0, 0.05) is 24.8 Å². The molecule has 0 spiro atoms. The van der Waals surface area contributed by atoms with Crippen molar-refractivity contribution in [1.82, 2.24) is 0 Å². The predicted octanol–water partition coefficient (Wildman–Crippen LogP) is 2.36. The van der Waals surface area contributed by atoms with Crippen molar-refractivity contribution in [3.63, 3.8) is 0 Å². The van der Waals surface area contributed by atoms with Crippen LogP contribution in [0.3, 0.4) is 0 Å². The van der Waals surface area contributed by atoms with Crippen molar-refractivity contribution in [3.8, 4) is 0 Å². The summed E-state index contributed by atoms with van der Waals surface area (Å²) in [5.41, 5.74) is 10.3. The number of hydrogen-bond donors (Lipinski definition) is 1. The molecule has 0 saturated heterocycles. The average molecular weight is 296 g/mol. The maximum Gasteiger partial charge on any atom is 0.337 e. The Balaban J connectivity index is 1.86. The molecule has 4 nitrogen and oxygen atoms in total. The van der Waals surface area contributed by atoms with Crippen molar-refractivity contribution in [2.24, 2.45) is 5.73 Å². The summed E-state index contributed by atoms with van der Waals surface area (Å²) in [7, 11) is 1.40. The van der Waals surface area contributed by atoms with Gasteiger partial charge in [-0.15, -0.1) is 0 Å². The molecular weight excluding hydrogens is 276 g/mol. The predicted molar refractivity (Wildman–Crippen MR) is 87.0 cm³/mol. The standard InChI is InChI=1S/C18H20N2O2/c1-22-18(21)15-7-4-5-13(9-15)11-20-12-16(19)10-14-6-2-3-8-17(14)20/h2-9,16H,10-12,19H2,1H3. The van der Waals surface area contributed by atoms with Crippen molar-refractivity contribution in [2.45, 2.75) is 19.0 Å². The minimum atomic E-state index is -0.308.